The maximum absolute atomic E-state index is 14.3. The number of nitrogens with zero attached hydrogens (tertiary/aromatic N) is 1. The van der Waals surface area contributed by atoms with Gasteiger partial charge in [-0.2, -0.15) is 13.2 Å². The van der Waals surface area contributed by atoms with E-state index in [1.807, 2.05) is 0 Å². The molecule has 0 radical (unpaired) electrons. The summed E-state index contributed by atoms with van der Waals surface area (Å²) < 4.78 is 112. The molecule has 1 heterocycles. The van der Waals surface area contributed by atoms with Crippen LogP contribution in [0.25, 0.3) is 0 Å². The van der Waals surface area contributed by atoms with Gasteiger partial charge in [-0.3, -0.25) is 9.52 Å². The smallest absolute Gasteiger partial charge is 0.406 e. The molecule has 0 spiro atoms. The van der Waals surface area contributed by atoms with Crippen LogP contribution in [0.2, 0.25) is 10.0 Å². The van der Waals surface area contributed by atoms with Crippen LogP contribution in [0.5, 0.6) is 5.75 Å². The quantitative estimate of drug-likeness (QED) is 0.211. The van der Waals surface area contributed by atoms with Crippen molar-refractivity contribution in [3.05, 3.63) is 98.3 Å². The third-order valence-corrected chi connectivity index (χ3v) is 7.66. The Morgan fingerprint density at radius 3 is 2.21 bits per heavy atom. The highest BCUT2D eigenvalue weighted by molar-refractivity contribution is 7.82. The highest BCUT2D eigenvalue weighted by Gasteiger charge is 2.62. The molecule has 3 aromatic rings. The highest BCUT2D eigenvalue weighted by Crippen LogP contribution is 2.50. The number of benzene rings is 3. The molecule has 224 valence electrons. The van der Waals surface area contributed by atoms with E-state index in [9.17, 15) is 39.7 Å². The molecule has 42 heavy (non-hydrogen) atoms. The van der Waals surface area contributed by atoms with Crippen LogP contribution in [0.3, 0.4) is 0 Å². The largest absolute Gasteiger partial charge is 0.573 e. The summed E-state index contributed by atoms with van der Waals surface area (Å²) >= 11 is 11.4. The molecular weight excluding hydrogens is 640 g/mol. The van der Waals surface area contributed by atoms with Crippen molar-refractivity contribution < 1.29 is 49.3 Å². The second kappa shape index (κ2) is 11.7. The van der Waals surface area contributed by atoms with Crippen molar-refractivity contribution in [1.82, 2.24) is 4.72 Å². The van der Waals surface area contributed by atoms with Crippen molar-refractivity contribution in [2.75, 3.05) is 0 Å². The maximum atomic E-state index is 14.3. The molecule has 6 nitrogen and oxygen atoms in total. The third kappa shape index (κ3) is 6.81. The van der Waals surface area contributed by atoms with Crippen LogP contribution in [-0.4, -0.2) is 28.4 Å². The average Bonchev–Trinajstić information content (AvgIpc) is 3.34. The number of nitrogens with one attached hydrogen (secondary N) is 1. The number of carbonyl (C=O) groups excluding carboxylic acids is 1. The van der Waals surface area contributed by atoms with E-state index in [4.69, 9.17) is 28.0 Å². The molecule has 2 atom stereocenters. The van der Waals surface area contributed by atoms with Crippen LogP contribution in [0.15, 0.2) is 59.8 Å². The Labute approximate surface area is 246 Å². The lowest BCUT2D eigenvalue weighted by molar-refractivity contribution is -0.276. The second-order valence-corrected chi connectivity index (χ2v) is 11.0. The van der Waals surface area contributed by atoms with Gasteiger partial charge in [0, 0.05) is 17.5 Å². The monoisotopic (exact) mass is 656 g/mol. The predicted molar refractivity (Wildman–Crippen MR) is 140 cm³/mol. The van der Waals surface area contributed by atoms with Crippen LogP contribution >= 0.6 is 23.2 Å². The van der Waals surface area contributed by atoms with E-state index >= 15 is 0 Å². The summed E-state index contributed by atoms with van der Waals surface area (Å²) in [7, 11) is -1.97. The number of hydrogen-bond donors (Lipinski definition) is 1. The Bertz CT molecular complexity index is 1560. The lowest BCUT2D eigenvalue weighted by atomic mass is 9.86. The van der Waals surface area contributed by atoms with Gasteiger partial charge in [0.1, 0.15) is 16.7 Å². The fourth-order valence-electron chi connectivity index (χ4n) is 4.08. The molecule has 0 bridgehead atoms. The molecule has 0 aliphatic carbocycles. The number of rotatable bonds is 7. The normalized spacial score (nSPS) is 17.8. The van der Waals surface area contributed by atoms with Gasteiger partial charge in [-0.1, -0.05) is 46.6 Å². The SMILES string of the molecule is Cc1cc(C2=NOC(c3cc(Cl)c(F)c(Cl)c3)(C(F)(F)F)C2)ccc1C(=O)NS(=O)Cc1ccc(OC(F)(F)F)cc1. The molecule has 3 aromatic carbocycles. The summed E-state index contributed by atoms with van der Waals surface area (Å²) in [5, 5.41) is 2.36. The zero-order valence-corrected chi connectivity index (χ0v) is 23.3. The number of halogens is 9. The maximum Gasteiger partial charge on any atom is 0.573 e. The van der Waals surface area contributed by atoms with Crippen molar-refractivity contribution in [1.29, 1.82) is 0 Å². The minimum absolute atomic E-state index is 0.0553. The summed E-state index contributed by atoms with van der Waals surface area (Å²) in [5.74, 6) is -2.54. The topological polar surface area (TPSA) is 77.0 Å². The van der Waals surface area contributed by atoms with Gasteiger partial charge < -0.3 is 9.57 Å². The average molecular weight is 657 g/mol. The summed E-state index contributed by atoms with van der Waals surface area (Å²) in [6.45, 7) is 1.49. The van der Waals surface area contributed by atoms with E-state index in [1.54, 1.807) is 0 Å². The Hall–Kier alpha value is -3.36. The van der Waals surface area contributed by atoms with Crippen LogP contribution in [0.1, 0.15) is 39.0 Å². The summed E-state index contributed by atoms with van der Waals surface area (Å²) in [5.41, 5.74) is -2.77. The van der Waals surface area contributed by atoms with E-state index in [0.717, 1.165) is 24.3 Å². The first-order valence-electron chi connectivity index (χ1n) is 11.6. The predicted octanol–water partition coefficient (Wildman–Crippen LogP) is 7.52. The number of carbonyl (C=O) groups is 1. The van der Waals surface area contributed by atoms with Gasteiger partial charge in [0.25, 0.3) is 11.5 Å². The van der Waals surface area contributed by atoms with Gasteiger partial charge in [0.15, 0.2) is 5.82 Å². The number of ether oxygens (including phenoxy) is 1. The Morgan fingerprint density at radius 1 is 1.05 bits per heavy atom. The molecular formula is C26H17Cl2F7N2O4S. The van der Waals surface area contributed by atoms with Crippen LogP contribution in [0, 0.1) is 12.7 Å². The fraction of sp³-hybridized carbons (Fsp3) is 0.231. The van der Waals surface area contributed by atoms with E-state index in [-0.39, 0.29) is 22.6 Å². The summed E-state index contributed by atoms with van der Waals surface area (Å²) in [6.07, 6.45) is -10.7. The number of aryl methyl sites for hydroxylation is 1. The number of amides is 1. The minimum atomic E-state index is -5.01. The van der Waals surface area contributed by atoms with Gasteiger partial charge in [0.05, 0.1) is 21.5 Å². The van der Waals surface area contributed by atoms with Gasteiger partial charge >= 0.3 is 12.5 Å². The molecule has 0 fully saturated rings. The van der Waals surface area contributed by atoms with Crippen LogP contribution in [0.4, 0.5) is 30.7 Å². The van der Waals surface area contributed by atoms with Gasteiger partial charge in [-0.15, -0.1) is 13.2 Å². The molecule has 2 unspecified atom stereocenters. The van der Waals surface area contributed by atoms with Crippen LogP contribution in [-0.2, 0) is 27.2 Å². The van der Waals surface area contributed by atoms with Crippen molar-refractivity contribution in [2.24, 2.45) is 5.16 Å². The second-order valence-electron chi connectivity index (χ2n) is 9.03. The van der Waals surface area contributed by atoms with E-state index in [1.165, 1.54) is 37.3 Å². The molecule has 16 heteroatoms. The van der Waals surface area contributed by atoms with E-state index < -0.39 is 68.6 Å². The van der Waals surface area contributed by atoms with Crippen molar-refractivity contribution >= 4 is 45.8 Å². The Kier molecular flexibility index (Phi) is 8.82. The zero-order chi connectivity index (χ0) is 31.0. The molecule has 0 saturated carbocycles. The lowest BCUT2D eigenvalue weighted by Crippen LogP contribution is -2.42. The zero-order valence-electron chi connectivity index (χ0n) is 21.0. The molecule has 4 rings (SSSR count). The van der Waals surface area contributed by atoms with Gasteiger partial charge in [-0.05, 0) is 60.0 Å². The number of oxime groups is 1. The molecule has 1 aliphatic rings. The molecule has 0 saturated heterocycles. The Balaban J connectivity index is 1.46. The highest BCUT2D eigenvalue weighted by atomic mass is 35.5. The first kappa shape index (κ1) is 31.6. The Morgan fingerprint density at radius 2 is 1.67 bits per heavy atom. The molecule has 0 aromatic heterocycles. The van der Waals surface area contributed by atoms with Crippen LogP contribution < -0.4 is 9.46 Å². The number of hydrogen-bond acceptors (Lipinski definition) is 5. The number of alkyl halides is 6. The summed E-state index contributed by atoms with van der Waals surface area (Å²) in [4.78, 5) is 17.6. The molecule has 1 amide bonds. The van der Waals surface area contributed by atoms with Crippen molar-refractivity contribution in [2.45, 2.75) is 37.2 Å². The lowest BCUT2D eigenvalue weighted by Gasteiger charge is -2.29. The summed E-state index contributed by atoms with van der Waals surface area (Å²) in [6, 6.07) is 10.1. The third-order valence-electron chi connectivity index (χ3n) is 6.10. The van der Waals surface area contributed by atoms with E-state index in [0.29, 0.717) is 11.1 Å². The van der Waals surface area contributed by atoms with Crippen molar-refractivity contribution in [3.8, 4) is 5.75 Å². The standard InChI is InChI=1S/C26H17Cl2F7N2O4S/c1-13-8-15(21-11-24(41-36-21,25(30,31)32)16-9-19(27)22(29)20(28)10-16)4-7-18(13)23(38)37-42(39)12-14-2-5-17(6-3-14)40-26(33,34)35/h2-10H,11-12H2,1H3,(H,37,38). The van der Waals surface area contributed by atoms with E-state index in [2.05, 4.69) is 14.6 Å². The van der Waals surface area contributed by atoms with Gasteiger partial charge in [-0.25, -0.2) is 8.60 Å². The van der Waals surface area contributed by atoms with Gasteiger partial charge in [0.2, 0.25) is 0 Å². The molecule has 1 aliphatic heterocycles. The van der Waals surface area contributed by atoms with Crippen molar-refractivity contribution in [3.63, 3.8) is 0 Å². The minimum Gasteiger partial charge on any atom is -0.406 e. The first-order chi connectivity index (χ1) is 19.5. The fourth-order valence-corrected chi connectivity index (χ4v) is 5.45. The first-order valence-corrected chi connectivity index (χ1v) is 13.7. The molecule has 1 N–H and O–H groups in total.